The summed E-state index contributed by atoms with van der Waals surface area (Å²) in [4.78, 5) is 32.3. The first-order valence-electron chi connectivity index (χ1n) is 10.7. The fourth-order valence-corrected chi connectivity index (χ4v) is 4.77. The van der Waals surface area contributed by atoms with Crippen molar-refractivity contribution in [1.29, 1.82) is 0 Å². The Morgan fingerprint density at radius 1 is 1.04 bits per heavy atom. The van der Waals surface area contributed by atoms with Gasteiger partial charge in [0.25, 0.3) is 0 Å². The van der Waals surface area contributed by atoms with E-state index < -0.39 is 5.41 Å². The summed E-state index contributed by atoms with van der Waals surface area (Å²) in [5, 5.41) is 0. The van der Waals surface area contributed by atoms with Crippen molar-refractivity contribution in [3.8, 4) is 0 Å². The van der Waals surface area contributed by atoms with Crippen LogP contribution in [-0.2, 0) is 9.59 Å². The van der Waals surface area contributed by atoms with E-state index in [4.69, 9.17) is 0 Å². The number of carbonyl (C=O) groups is 2. The molecule has 3 fully saturated rings. The lowest BCUT2D eigenvalue weighted by Crippen LogP contribution is -2.55. The average molecular weight is 387 g/mol. The monoisotopic (exact) mass is 387 g/mol. The minimum Gasteiger partial charge on any atom is -0.366 e. The van der Waals surface area contributed by atoms with Crippen LogP contribution in [0.3, 0.4) is 0 Å². The molecular weight excluding hydrogens is 357 g/mol. The van der Waals surface area contributed by atoms with Gasteiger partial charge in [-0.3, -0.25) is 9.59 Å². The highest BCUT2D eigenvalue weighted by Crippen LogP contribution is 2.50. The number of nitrogens with zero attached hydrogens (tertiary/aromatic N) is 3. The zero-order chi connectivity index (χ0) is 19.7. The second-order valence-electron chi connectivity index (χ2n) is 8.37. The van der Waals surface area contributed by atoms with Gasteiger partial charge in [0.15, 0.2) is 0 Å². The maximum absolute atomic E-state index is 14.0. The third kappa shape index (κ3) is 3.38. The minimum atomic E-state index is -0.815. The van der Waals surface area contributed by atoms with Gasteiger partial charge in [-0.25, -0.2) is 4.39 Å². The Balaban J connectivity index is 1.41. The van der Waals surface area contributed by atoms with Crippen LogP contribution in [0.25, 0.3) is 0 Å². The molecule has 152 valence electrons. The van der Waals surface area contributed by atoms with Crippen LogP contribution in [0.2, 0.25) is 0 Å². The van der Waals surface area contributed by atoms with Crippen LogP contribution in [0.4, 0.5) is 10.1 Å². The largest absolute Gasteiger partial charge is 0.366 e. The summed E-state index contributed by atoms with van der Waals surface area (Å²) in [7, 11) is 0. The molecule has 28 heavy (non-hydrogen) atoms. The van der Waals surface area contributed by atoms with Gasteiger partial charge in [0.2, 0.25) is 11.8 Å². The van der Waals surface area contributed by atoms with Gasteiger partial charge >= 0.3 is 0 Å². The molecule has 4 rings (SSSR count). The van der Waals surface area contributed by atoms with E-state index in [9.17, 15) is 14.0 Å². The van der Waals surface area contributed by atoms with Crippen LogP contribution in [0.15, 0.2) is 24.3 Å². The van der Waals surface area contributed by atoms with Gasteiger partial charge in [-0.05, 0) is 50.7 Å². The highest BCUT2D eigenvalue weighted by atomic mass is 19.1. The molecule has 0 aromatic heterocycles. The molecule has 1 aromatic rings. The van der Waals surface area contributed by atoms with E-state index in [-0.39, 0.29) is 23.7 Å². The molecule has 0 bridgehead atoms. The zero-order valence-electron chi connectivity index (χ0n) is 16.7. The lowest BCUT2D eigenvalue weighted by atomic mass is 9.95. The lowest BCUT2D eigenvalue weighted by Gasteiger charge is -2.40. The Bertz CT molecular complexity index is 741. The van der Waals surface area contributed by atoms with Gasteiger partial charge in [-0.2, -0.15) is 0 Å². The highest BCUT2D eigenvalue weighted by Gasteiger charge is 2.60. The number of halogens is 1. The number of rotatable bonds is 4. The molecular formula is C22H30FN3O2. The van der Waals surface area contributed by atoms with E-state index >= 15 is 0 Å². The highest BCUT2D eigenvalue weighted by molar-refractivity contribution is 6.08. The first-order valence-corrected chi connectivity index (χ1v) is 10.7. The first kappa shape index (κ1) is 19.2. The van der Waals surface area contributed by atoms with Crippen LogP contribution in [0.5, 0.6) is 0 Å². The summed E-state index contributed by atoms with van der Waals surface area (Å²) in [5.74, 6) is -0.182. The van der Waals surface area contributed by atoms with Gasteiger partial charge in [0, 0.05) is 38.8 Å². The second kappa shape index (κ2) is 7.72. The van der Waals surface area contributed by atoms with Crippen molar-refractivity contribution in [2.24, 2.45) is 5.41 Å². The van der Waals surface area contributed by atoms with Crippen LogP contribution < -0.4 is 4.90 Å². The van der Waals surface area contributed by atoms with Crippen LogP contribution in [-0.4, -0.2) is 60.4 Å². The van der Waals surface area contributed by atoms with Crippen LogP contribution >= 0.6 is 0 Å². The summed E-state index contributed by atoms with van der Waals surface area (Å²) in [6.07, 6.45) is 5.55. The van der Waals surface area contributed by atoms with Crippen molar-refractivity contribution in [3.05, 3.63) is 30.1 Å². The smallest absolute Gasteiger partial charge is 0.238 e. The van der Waals surface area contributed by atoms with E-state index in [1.807, 2.05) is 20.8 Å². The summed E-state index contributed by atoms with van der Waals surface area (Å²) in [6.45, 7) is 5.18. The van der Waals surface area contributed by atoms with Gasteiger partial charge in [-0.1, -0.05) is 19.1 Å². The van der Waals surface area contributed by atoms with E-state index in [1.165, 1.54) is 12.5 Å². The van der Waals surface area contributed by atoms with Crippen molar-refractivity contribution in [1.82, 2.24) is 9.80 Å². The molecule has 5 nitrogen and oxygen atoms in total. The molecule has 2 amide bonds. The summed E-state index contributed by atoms with van der Waals surface area (Å²) >= 11 is 0. The van der Waals surface area contributed by atoms with Crippen molar-refractivity contribution in [2.75, 3.05) is 37.6 Å². The molecule has 1 atom stereocenters. The Morgan fingerprint density at radius 2 is 1.75 bits per heavy atom. The summed E-state index contributed by atoms with van der Waals surface area (Å²) in [5.41, 5.74) is -0.226. The fourth-order valence-electron chi connectivity index (χ4n) is 4.77. The maximum atomic E-state index is 14.0. The van der Waals surface area contributed by atoms with Crippen molar-refractivity contribution >= 4 is 17.5 Å². The number of anilines is 1. The van der Waals surface area contributed by atoms with Crippen molar-refractivity contribution in [3.63, 3.8) is 0 Å². The molecule has 1 aliphatic carbocycles. The molecule has 1 saturated carbocycles. The summed E-state index contributed by atoms with van der Waals surface area (Å²) < 4.78 is 14.0. The maximum Gasteiger partial charge on any atom is 0.238 e. The van der Waals surface area contributed by atoms with E-state index in [0.717, 1.165) is 25.8 Å². The number of carbonyl (C=O) groups excluding carboxylic acids is 2. The Morgan fingerprint density at radius 3 is 2.39 bits per heavy atom. The van der Waals surface area contributed by atoms with Crippen molar-refractivity contribution < 1.29 is 14.0 Å². The number of piperidine rings is 1. The van der Waals surface area contributed by atoms with Crippen LogP contribution in [0.1, 0.15) is 45.4 Å². The molecule has 0 N–H and O–H groups in total. The van der Waals surface area contributed by atoms with Crippen molar-refractivity contribution in [2.45, 2.75) is 51.5 Å². The molecule has 3 aliphatic rings. The topological polar surface area (TPSA) is 43.9 Å². The molecule has 0 radical (unpaired) electrons. The Labute approximate surface area is 166 Å². The number of amides is 2. The predicted molar refractivity (Wildman–Crippen MR) is 107 cm³/mol. The standard InChI is InChI=1S/C22H30FN3O2/c1-2-17-7-5-6-12-26(17)21(28)22(10-11-22)20(27)25-15-13-24(14-16-25)19-9-4-3-8-18(19)23/h3-4,8-9,17H,2,5-7,10-16H2,1H3. The predicted octanol–water partition coefficient (Wildman–Crippen LogP) is 3.05. The number of benzene rings is 1. The van der Waals surface area contributed by atoms with E-state index in [2.05, 4.69) is 6.92 Å². The van der Waals surface area contributed by atoms with Gasteiger partial charge in [0.1, 0.15) is 11.2 Å². The molecule has 2 aliphatic heterocycles. The normalized spacial score (nSPS) is 24.2. The molecule has 2 heterocycles. The Kier molecular flexibility index (Phi) is 5.30. The zero-order valence-corrected chi connectivity index (χ0v) is 16.7. The Hall–Kier alpha value is -2.11. The SMILES string of the molecule is CCC1CCCCN1C(=O)C1(C(=O)N2CCN(c3ccccc3F)CC2)CC1. The third-order valence-corrected chi connectivity index (χ3v) is 6.69. The number of para-hydroxylation sites is 1. The number of hydrogen-bond acceptors (Lipinski definition) is 3. The fraction of sp³-hybridized carbons (Fsp3) is 0.636. The molecule has 1 aromatic carbocycles. The lowest BCUT2D eigenvalue weighted by molar-refractivity contribution is -0.152. The first-order chi connectivity index (χ1) is 13.6. The van der Waals surface area contributed by atoms with Gasteiger partial charge in [-0.15, -0.1) is 0 Å². The second-order valence-corrected chi connectivity index (χ2v) is 8.37. The van der Waals surface area contributed by atoms with Gasteiger partial charge < -0.3 is 14.7 Å². The van der Waals surface area contributed by atoms with E-state index in [0.29, 0.717) is 44.7 Å². The number of piperazine rings is 1. The summed E-state index contributed by atoms with van der Waals surface area (Å²) in [6, 6.07) is 7.04. The minimum absolute atomic E-state index is 0.00823. The molecule has 0 spiro atoms. The molecule has 2 saturated heterocycles. The number of likely N-dealkylation sites (tertiary alicyclic amines) is 1. The van der Waals surface area contributed by atoms with E-state index in [1.54, 1.807) is 12.1 Å². The average Bonchev–Trinajstić information content (AvgIpc) is 3.55. The molecule has 6 heteroatoms. The molecule has 1 unspecified atom stereocenters. The quantitative estimate of drug-likeness (QED) is 0.746. The third-order valence-electron chi connectivity index (χ3n) is 6.69. The number of hydrogen-bond donors (Lipinski definition) is 0. The van der Waals surface area contributed by atoms with Crippen LogP contribution in [0, 0.1) is 11.2 Å². The van der Waals surface area contributed by atoms with Gasteiger partial charge in [0.05, 0.1) is 5.69 Å².